The molecular formula is C6H6N2O. The molecule has 9 heavy (non-hydrogen) atoms. The van der Waals surface area contributed by atoms with Gasteiger partial charge in [-0.1, -0.05) is 0 Å². The van der Waals surface area contributed by atoms with Crippen LogP contribution in [0.5, 0.6) is 0 Å². The van der Waals surface area contributed by atoms with E-state index >= 15 is 0 Å². The molecule has 1 N–H and O–H groups in total. The fourth-order valence-corrected chi connectivity index (χ4v) is 0.873. The minimum absolute atomic E-state index is 0.751. The third kappa shape index (κ3) is 0.733. The maximum atomic E-state index is 4.97. The van der Waals surface area contributed by atoms with E-state index in [1.165, 1.54) is 6.39 Å². The lowest BCUT2D eigenvalue weighted by Crippen LogP contribution is -2.20. The van der Waals surface area contributed by atoms with Gasteiger partial charge in [0.05, 0.1) is 5.69 Å². The van der Waals surface area contributed by atoms with E-state index in [9.17, 15) is 0 Å². The summed E-state index contributed by atoms with van der Waals surface area (Å²) in [6, 6.07) is 0. The molecule has 46 valence electrons. The first kappa shape index (κ1) is 4.99. The van der Waals surface area contributed by atoms with Crippen molar-refractivity contribution in [2.24, 2.45) is 0 Å². The topological polar surface area (TPSA) is 38.1 Å². The van der Waals surface area contributed by atoms with Crippen molar-refractivity contribution in [3.05, 3.63) is 24.4 Å². The highest BCUT2D eigenvalue weighted by Crippen LogP contribution is 2.11. The van der Waals surface area contributed by atoms with Crippen LogP contribution in [0.4, 0.5) is 0 Å². The van der Waals surface area contributed by atoms with Crippen LogP contribution < -0.4 is 5.32 Å². The van der Waals surface area contributed by atoms with E-state index in [0.29, 0.717) is 0 Å². The highest BCUT2D eigenvalue weighted by molar-refractivity contribution is 5.18. The lowest BCUT2D eigenvalue weighted by atomic mass is 10.2. The number of hydrogen-bond acceptors (Lipinski definition) is 3. The van der Waals surface area contributed by atoms with Crippen molar-refractivity contribution in [2.75, 3.05) is 6.54 Å². The summed E-state index contributed by atoms with van der Waals surface area (Å²) in [6.07, 6.45) is 2.39. The maximum absolute atomic E-state index is 4.97. The van der Waals surface area contributed by atoms with Crippen molar-refractivity contribution >= 4 is 0 Å². The Labute approximate surface area is 53.1 Å². The van der Waals surface area contributed by atoms with Gasteiger partial charge in [0.1, 0.15) is 6.54 Å². The summed E-state index contributed by atoms with van der Waals surface area (Å²) in [6.45, 7) is 3.78. The molecule has 0 unspecified atom stereocenters. The van der Waals surface area contributed by atoms with Crippen LogP contribution in [-0.4, -0.2) is 11.5 Å². The van der Waals surface area contributed by atoms with E-state index in [2.05, 4.69) is 16.8 Å². The molecule has 0 spiro atoms. The van der Waals surface area contributed by atoms with Crippen LogP contribution in [0, 0.1) is 6.54 Å². The monoisotopic (exact) mass is 122 g/mol. The molecule has 0 atom stereocenters. The van der Waals surface area contributed by atoms with Gasteiger partial charge >= 0.3 is 0 Å². The fourth-order valence-electron chi connectivity index (χ4n) is 0.873. The standard InChI is InChI=1S/C6H6N2O/c1-2-7-3-6-5(1)8-4-9-6/h4,7H,1-2H2. The predicted molar refractivity (Wildman–Crippen MR) is 30.6 cm³/mol. The summed E-state index contributed by atoms with van der Waals surface area (Å²) in [5.41, 5.74) is 1.01. The number of fused-ring (bicyclic) bond motifs is 1. The molecule has 0 bridgehead atoms. The molecule has 1 aromatic heterocycles. The highest BCUT2D eigenvalue weighted by Gasteiger charge is 2.12. The van der Waals surface area contributed by atoms with Crippen molar-refractivity contribution in [1.82, 2.24) is 10.3 Å². The second-order valence-electron chi connectivity index (χ2n) is 1.93. The van der Waals surface area contributed by atoms with Gasteiger partial charge < -0.3 is 9.73 Å². The largest absolute Gasteiger partial charge is 0.446 e. The lowest BCUT2D eigenvalue weighted by Gasteiger charge is -2.06. The van der Waals surface area contributed by atoms with E-state index in [1.54, 1.807) is 0 Å². The minimum atomic E-state index is 0.751. The zero-order valence-corrected chi connectivity index (χ0v) is 4.85. The first-order valence-corrected chi connectivity index (χ1v) is 2.88. The number of nitrogens with zero attached hydrogens (tertiary/aromatic N) is 1. The minimum Gasteiger partial charge on any atom is -0.446 e. The second-order valence-corrected chi connectivity index (χ2v) is 1.93. The lowest BCUT2D eigenvalue weighted by molar-refractivity contribution is 0.510. The van der Waals surface area contributed by atoms with Gasteiger partial charge in [0.25, 0.3) is 0 Å². The van der Waals surface area contributed by atoms with Gasteiger partial charge in [0.15, 0.2) is 12.2 Å². The van der Waals surface area contributed by atoms with Crippen LogP contribution in [0.1, 0.15) is 11.5 Å². The summed E-state index contributed by atoms with van der Waals surface area (Å²) in [4.78, 5) is 3.99. The maximum Gasteiger partial charge on any atom is 0.181 e. The molecule has 0 aliphatic carbocycles. The highest BCUT2D eigenvalue weighted by atomic mass is 16.3. The molecule has 0 fully saturated rings. The number of oxazole rings is 1. The number of aromatic nitrogens is 1. The van der Waals surface area contributed by atoms with Crippen molar-refractivity contribution in [3.63, 3.8) is 0 Å². The van der Waals surface area contributed by atoms with E-state index in [-0.39, 0.29) is 0 Å². The van der Waals surface area contributed by atoms with Gasteiger partial charge in [-0.25, -0.2) is 4.98 Å². The van der Waals surface area contributed by atoms with Crippen LogP contribution in [0.25, 0.3) is 0 Å². The zero-order valence-electron chi connectivity index (χ0n) is 4.85. The third-order valence-corrected chi connectivity index (χ3v) is 1.33. The first-order valence-electron chi connectivity index (χ1n) is 2.88. The molecule has 2 rings (SSSR count). The van der Waals surface area contributed by atoms with Gasteiger partial charge in [-0.15, -0.1) is 0 Å². The van der Waals surface area contributed by atoms with Crippen molar-refractivity contribution < 1.29 is 4.42 Å². The fraction of sp³-hybridized carbons (Fsp3) is 0.333. The summed E-state index contributed by atoms with van der Waals surface area (Å²) in [5.74, 6) is 0.751. The molecule has 1 aromatic rings. The Hall–Kier alpha value is -0.830. The second kappa shape index (κ2) is 1.84. The molecular weight excluding hydrogens is 116 g/mol. The molecule has 3 heteroatoms. The van der Waals surface area contributed by atoms with Crippen LogP contribution in [0.15, 0.2) is 10.8 Å². The molecule has 3 nitrogen and oxygen atoms in total. The SMILES string of the molecule is [C]1NCCc2ncoc21. The van der Waals surface area contributed by atoms with Gasteiger partial charge in [-0.05, 0) is 0 Å². The van der Waals surface area contributed by atoms with Crippen LogP contribution >= 0.6 is 0 Å². The molecule has 1 aliphatic heterocycles. The first-order chi connectivity index (χ1) is 4.47. The summed E-state index contributed by atoms with van der Waals surface area (Å²) in [7, 11) is 0. The smallest absolute Gasteiger partial charge is 0.181 e. The molecule has 2 heterocycles. The van der Waals surface area contributed by atoms with Crippen molar-refractivity contribution in [3.8, 4) is 0 Å². The number of hydrogen-bond donors (Lipinski definition) is 1. The quantitative estimate of drug-likeness (QED) is 0.534. The number of nitrogens with one attached hydrogen (secondary N) is 1. The molecule has 0 saturated heterocycles. The van der Waals surface area contributed by atoms with Gasteiger partial charge in [0, 0.05) is 13.0 Å². The molecule has 0 amide bonds. The van der Waals surface area contributed by atoms with Gasteiger partial charge in [-0.2, -0.15) is 0 Å². The Morgan fingerprint density at radius 1 is 1.78 bits per heavy atom. The van der Waals surface area contributed by atoms with Crippen molar-refractivity contribution in [2.45, 2.75) is 6.42 Å². The normalized spacial score (nSPS) is 17.3. The molecule has 0 saturated carbocycles. The Morgan fingerprint density at radius 2 is 2.78 bits per heavy atom. The van der Waals surface area contributed by atoms with Gasteiger partial charge in [-0.3, -0.25) is 0 Å². The number of rotatable bonds is 0. The third-order valence-electron chi connectivity index (χ3n) is 1.33. The van der Waals surface area contributed by atoms with Crippen molar-refractivity contribution in [1.29, 1.82) is 0 Å². The van der Waals surface area contributed by atoms with E-state index in [4.69, 9.17) is 4.42 Å². The van der Waals surface area contributed by atoms with Crippen LogP contribution in [-0.2, 0) is 6.42 Å². The average molecular weight is 122 g/mol. The molecule has 0 aromatic carbocycles. The Balaban J connectivity index is 2.39. The van der Waals surface area contributed by atoms with E-state index in [1.807, 2.05) is 0 Å². The molecule has 2 radical (unpaired) electrons. The zero-order chi connectivity index (χ0) is 6.10. The summed E-state index contributed by atoms with van der Waals surface area (Å²) >= 11 is 0. The Morgan fingerprint density at radius 3 is 3.67 bits per heavy atom. The van der Waals surface area contributed by atoms with E-state index < -0.39 is 0 Å². The summed E-state index contributed by atoms with van der Waals surface area (Å²) in [5, 5.41) is 2.94. The predicted octanol–water partition coefficient (Wildman–Crippen LogP) is 0.207. The van der Waals surface area contributed by atoms with Gasteiger partial charge in [0.2, 0.25) is 0 Å². The van der Waals surface area contributed by atoms with Crippen LogP contribution in [0.3, 0.4) is 0 Å². The Bertz CT molecular complexity index is 186. The molecule has 1 aliphatic rings. The average Bonchev–Trinajstić information content (AvgIpc) is 2.33. The van der Waals surface area contributed by atoms with E-state index in [0.717, 1.165) is 24.4 Å². The Kier molecular flexibility index (Phi) is 1.02. The summed E-state index contributed by atoms with van der Waals surface area (Å²) < 4.78 is 4.97. The van der Waals surface area contributed by atoms with Crippen LogP contribution in [0.2, 0.25) is 0 Å².